The van der Waals surface area contributed by atoms with Gasteiger partial charge in [-0.3, -0.25) is 9.59 Å². The lowest BCUT2D eigenvalue weighted by Crippen LogP contribution is -2.52. The minimum Gasteiger partial charge on any atom is -0.481 e. The lowest BCUT2D eigenvalue weighted by atomic mass is 10.0. The van der Waals surface area contributed by atoms with Gasteiger partial charge in [0.05, 0.1) is 44.0 Å². The summed E-state index contributed by atoms with van der Waals surface area (Å²) in [5, 5.41) is 2.63. The highest BCUT2D eigenvalue weighted by molar-refractivity contribution is 7.81. The van der Waals surface area contributed by atoms with E-state index in [-0.39, 0.29) is 31.6 Å². The number of amides is 2. The Kier molecular flexibility index (Phi) is 10.7. The largest absolute Gasteiger partial charge is 0.481 e. The van der Waals surface area contributed by atoms with Crippen molar-refractivity contribution in [3.8, 4) is 11.8 Å². The maximum absolute atomic E-state index is 14.1. The molecule has 2 amide bonds. The number of hydrogen-bond donors (Lipinski definition) is 1. The quantitative estimate of drug-likeness (QED) is 0.446. The summed E-state index contributed by atoms with van der Waals surface area (Å²) in [5.74, 6) is -4.07. The van der Waals surface area contributed by atoms with Gasteiger partial charge in [0.15, 0.2) is 0 Å². The number of methoxy groups -OCH3 is 2. The number of piperidine rings is 1. The molecule has 3 rings (SSSR count). The number of nitrogens with zero attached hydrogens (tertiary/aromatic N) is 3. The second kappa shape index (κ2) is 13.7. The third kappa shape index (κ3) is 7.69. The number of hydrogen-bond acceptors (Lipinski definition) is 6. The molecule has 13 heteroatoms. The summed E-state index contributed by atoms with van der Waals surface area (Å²) < 4.78 is 66.3. The Morgan fingerprint density at radius 3 is 2.46 bits per heavy atom. The van der Waals surface area contributed by atoms with Gasteiger partial charge < -0.3 is 19.7 Å². The first kappa shape index (κ1) is 30.4. The van der Waals surface area contributed by atoms with E-state index in [1.165, 1.54) is 18.5 Å². The van der Waals surface area contributed by atoms with Gasteiger partial charge in [-0.15, -0.1) is 0 Å². The predicted molar refractivity (Wildman–Crippen MR) is 139 cm³/mol. The number of benzene rings is 1. The minimum atomic E-state index is -1.96. The second-order valence-electron chi connectivity index (χ2n) is 9.32. The lowest BCUT2D eigenvalue weighted by molar-refractivity contribution is -0.135. The highest BCUT2D eigenvalue weighted by Gasteiger charge is 2.33. The lowest BCUT2D eigenvalue weighted by Gasteiger charge is -2.33. The number of aromatic nitrogens is 1. The summed E-state index contributed by atoms with van der Waals surface area (Å²) >= 11 is 0. The van der Waals surface area contributed by atoms with Crippen molar-refractivity contribution in [3.05, 3.63) is 52.8 Å². The van der Waals surface area contributed by atoms with Gasteiger partial charge in [-0.1, -0.05) is 6.42 Å². The van der Waals surface area contributed by atoms with Crippen molar-refractivity contribution >= 4 is 22.8 Å². The van der Waals surface area contributed by atoms with Crippen LogP contribution in [0.4, 0.5) is 13.2 Å². The van der Waals surface area contributed by atoms with E-state index in [9.17, 15) is 27.0 Å². The molecule has 1 aliphatic heterocycles. The summed E-state index contributed by atoms with van der Waals surface area (Å²) in [5.41, 5.74) is 0.145. The van der Waals surface area contributed by atoms with Crippen LogP contribution in [0.15, 0.2) is 24.3 Å². The van der Waals surface area contributed by atoms with Gasteiger partial charge in [-0.2, -0.15) is 4.98 Å². The van der Waals surface area contributed by atoms with Gasteiger partial charge in [-0.25, -0.2) is 21.7 Å². The van der Waals surface area contributed by atoms with E-state index in [0.717, 1.165) is 0 Å². The van der Waals surface area contributed by atoms with Crippen LogP contribution in [0.1, 0.15) is 44.2 Å². The number of rotatable bonds is 11. The molecule has 1 saturated heterocycles. The number of carbonyl (C=O) groups excluding carboxylic acids is 2. The maximum Gasteiger partial charge on any atom is 0.242 e. The molecule has 1 aromatic carbocycles. The van der Waals surface area contributed by atoms with Gasteiger partial charge in [0.25, 0.3) is 0 Å². The summed E-state index contributed by atoms with van der Waals surface area (Å²) in [6, 6.07) is 3.40. The molecule has 0 spiro atoms. The van der Waals surface area contributed by atoms with Gasteiger partial charge in [0, 0.05) is 41.9 Å². The van der Waals surface area contributed by atoms with E-state index in [1.807, 2.05) is 13.8 Å². The first-order valence-electron chi connectivity index (χ1n) is 12.5. The molecule has 2 heterocycles. The van der Waals surface area contributed by atoms with Crippen molar-refractivity contribution in [2.45, 2.75) is 57.5 Å². The zero-order valence-electron chi connectivity index (χ0n) is 22.3. The second-order valence-corrected chi connectivity index (χ2v) is 10.7. The molecule has 1 fully saturated rings. The Balaban J connectivity index is 1.66. The molecule has 2 atom stereocenters. The van der Waals surface area contributed by atoms with E-state index in [2.05, 4.69) is 10.3 Å². The van der Waals surface area contributed by atoms with Crippen LogP contribution in [0.2, 0.25) is 0 Å². The molecule has 1 aromatic heterocycles. The number of halogens is 3. The fourth-order valence-corrected chi connectivity index (χ4v) is 5.82. The molecule has 1 N–H and O–H groups in total. The molecule has 9 nitrogen and oxygen atoms in total. The Bertz CT molecular complexity index is 1190. The molecule has 2 aromatic rings. The molecule has 0 bridgehead atoms. The van der Waals surface area contributed by atoms with Crippen molar-refractivity contribution in [2.24, 2.45) is 0 Å². The summed E-state index contributed by atoms with van der Waals surface area (Å²) in [4.78, 5) is 32.0. The SMILES string of the molecule is COc1ccc(CN(C(=O)CNC(=O)C2CCCCN2S(=O)Cc2c(F)cc(F)cc2F)C(C)C)c(OC)n1. The summed E-state index contributed by atoms with van der Waals surface area (Å²) in [6.07, 6.45) is 1.69. The van der Waals surface area contributed by atoms with Crippen LogP contribution >= 0.6 is 0 Å². The van der Waals surface area contributed by atoms with E-state index < -0.39 is 51.7 Å². The highest BCUT2D eigenvalue weighted by atomic mass is 32.2. The molecule has 0 saturated carbocycles. The normalized spacial score (nSPS) is 16.6. The van der Waals surface area contributed by atoms with Gasteiger partial charge in [0.2, 0.25) is 23.6 Å². The van der Waals surface area contributed by atoms with Crippen LogP contribution in [0.3, 0.4) is 0 Å². The first-order chi connectivity index (χ1) is 18.5. The molecule has 2 unspecified atom stereocenters. The molecular formula is C26H33F3N4O5S. The summed E-state index contributed by atoms with van der Waals surface area (Å²) in [7, 11) is 0.991. The standard InChI is InChI=1S/C26H33F3N4O5S/c1-16(2)32(14-17-8-9-23(37-3)31-26(17)38-4)24(34)13-30-25(35)22-7-5-6-10-33(22)39(36)15-19-20(28)11-18(27)12-21(19)29/h8-9,11-12,16,22H,5-7,10,13-15H2,1-4H3,(H,30,35). The van der Waals surface area contributed by atoms with Gasteiger partial charge in [0.1, 0.15) is 23.5 Å². The molecule has 39 heavy (non-hydrogen) atoms. The van der Waals surface area contributed by atoms with Crippen molar-refractivity contribution in [3.63, 3.8) is 0 Å². The number of nitrogens with one attached hydrogen (secondary N) is 1. The monoisotopic (exact) mass is 570 g/mol. The average molecular weight is 571 g/mol. The van der Waals surface area contributed by atoms with E-state index in [0.29, 0.717) is 48.7 Å². The Hall–Kier alpha value is -3.19. The van der Waals surface area contributed by atoms with E-state index >= 15 is 0 Å². The maximum atomic E-state index is 14.1. The Morgan fingerprint density at radius 2 is 1.85 bits per heavy atom. The van der Waals surface area contributed by atoms with Crippen LogP contribution in [0, 0.1) is 17.5 Å². The predicted octanol–water partition coefficient (Wildman–Crippen LogP) is 3.09. The number of carbonyl (C=O) groups is 2. The van der Waals surface area contributed by atoms with Crippen molar-refractivity contribution in [1.82, 2.24) is 19.5 Å². The minimum absolute atomic E-state index is 0.181. The first-order valence-corrected chi connectivity index (χ1v) is 13.8. The summed E-state index contributed by atoms with van der Waals surface area (Å²) in [6.45, 7) is 3.82. The molecule has 0 radical (unpaired) electrons. The van der Waals surface area contributed by atoms with Crippen LogP contribution in [0.5, 0.6) is 11.8 Å². The molecule has 214 valence electrons. The smallest absolute Gasteiger partial charge is 0.242 e. The van der Waals surface area contributed by atoms with Crippen LogP contribution in [0.25, 0.3) is 0 Å². The van der Waals surface area contributed by atoms with Crippen molar-refractivity contribution in [2.75, 3.05) is 27.3 Å². The molecule has 1 aliphatic rings. The van der Waals surface area contributed by atoms with Crippen molar-refractivity contribution in [1.29, 1.82) is 0 Å². The van der Waals surface area contributed by atoms with Crippen LogP contribution in [-0.4, -0.2) is 69.6 Å². The Labute approximate surface area is 228 Å². The van der Waals surface area contributed by atoms with Gasteiger partial charge in [-0.05, 0) is 32.8 Å². The van der Waals surface area contributed by atoms with Gasteiger partial charge >= 0.3 is 0 Å². The molecular weight excluding hydrogens is 537 g/mol. The van der Waals surface area contributed by atoms with E-state index in [1.54, 1.807) is 17.0 Å². The number of pyridine rings is 1. The van der Waals surface area contributed by atoms with Crippen LogP contribution < -0.4 is 14.8 Å². The Morgan fingerprint density at radius 1 is 1.15 bits per heavy atom. The third-order valence-corrected chi connectivity index (χ3v) is 7.90. The molecule has 0 aliphatic carbocycles. The highest BCUT2D eigenvalue weighted by Crippen LogP contribution is 2.24. The zero-order chi connectivity index (χ0) is 28.7. The van der Waals surface area contributed by atoms with E-state index in [4.69, 9.17) is 9.47 Å². The fourth-order valence-electron chi connectivity index (χ4n) is 4.31. The van der Waals surface area contributed by atoms with Crippen molar-refractivity contribution < 1.29 is 36.4 Å². The number of ether oxygens (including phenoxy) is 2. The third-order valence-electron chi connectivity index (χ3n) is 6.41. The average Bonchev–Trinajstić information content (AvgIpc) is 2.91. The topological polar surface area (TPSA) is 101 Å². The van der Waals surface area contributed by atoms with Crippen LogP contribution in [-0.2, 0) is 32.9 Å². The fraction of sp³-hybridized carbons (Fsp3) is 0.500. The zero-order valence-corrected chi connectivity index (χ0v) is 23.2.